The summed E-state index contributed by atoms with van der Waals surface area (Å²) in [6.07, 6.45) is 0. The maximum absolute atomic E-state index is 12.0. The highest BCUT2D eigenvalue weighted by Gasteiger charge is 2.26. The van der Waals surface area contributed by atoms with Gasteiger partial charge in [-0.25, -0.2) is 4.79 Å². The van der Waals surface area contributed by atoms with Gasteiger partial charge in [0.2, 0.25) is 0 Å². The molecule has 0 spiro atoms. The molecule has 1 rings (SSSR count). The lowest BCUT2D eigenvalue weighted by molar-refractivity contribution is -0.145. The number of nitrogens with one attached hydrogen (secondary N) is 1. The topological polar surface area (TPSA) is 47.6 Å². The molecule has 2 unspecified atom stereocenters. The van der Waals surface area contributed by atoms with Crippen LogP contribution in [0.15, 0.2) is 24.3 Å². The molecule has 0 saturated carbocycles. The molecule has 0 fully saturated rings. The molecule has 2 atom stereocenters. The van der Waals surface area contributed by atoms with E-state index in [4.69, 9.17) is 9.47 Å². The van der Waals surface area contributed by atoms with Crippen LogP contribution in [0.4, 0.5) is 5.69 Å². The van der Waals surface area contributed by atoms with Gasteiger partial charge in [-0.05, 0) is 31.5 Å². The second-order valence-corrected chi connectivity index (χ2v) is 4.68. The van der Waals surface area contributed by atoms with E-state index in [2.05, 4.69) is 5.32 Å². The first-order valence-electron chi connectivity index (χ1n) is 6.57. The van der Waals surface area contributed by atoms with Crippen molar-refractivity contribution in [2.75, 3.05) is 25.6 Å². The SMILES string of the molecule is CCOC(=O)C(Nc1cccc(C)c1)C(C)COC. The molecule has 0 aliphatic carbocycles. The fourth-order valence-corrected chi connectivity index (χ4v) is 1.94. The molecular weight excluding hydrogens is 242 g/mol. The van der Waals surface area contributed by atoms with Crippen molar-refractivity contribution in [2.45, 2.75) is 26.8 Å². The zero-order valence-corrected chi connectivity index (χ0v) is 12.1. The number of carbonyl (C=O) groups excluding carboxylic acids is 1. The van der Waals surface area contributed by atoms with Gasteiger partial charge in [0.25, 0.3) is 0 Å². The lowest BCUT2D eigenvalue weighted by Crippen LogP contribution is -2.39. The van der Waals surface area contributed by atoms with Gasteiger partial charge < -0.3 is 14.8 Å². The van der Waals surface area contributed by atoms with Crippen LogP contribution in [0, 0.1) is 12.8 Å². The Bertz CT molecular complexity index is 406. The van der Waals surface area contributed by atoms with Gasteiger partial charge in [-0.15, -0.1) is 0 Å². The van der Waals surface area contributed by atoms with Crippen molar-refractivity contribution in [2.24, 2.45) is 5.92 Å². The van der Waals surface area contributed by atoms with Crippen LogP contribution in [-0.2, 0) is 14.3 Å². The Balaban J connectivity index is 2.81. The van der Waals surface area contributed by atoms with E-state index >= 15 is 0 Å². The number of rotatable bonds is 7. The predicted molar refractivity (Wildman–Crippen MR) is 76.3 cm³/mol. The molecule has 19 heavy (non-hydrogen) atoms. The molecule has 0 heterocycles. The van der Waals surface area contributed by atoms with Crippen molar-refractivity contribution in [3.05, 3.63) is 29.8 Å². The van der Waals surface area contributed by atoms with Crippen LogP contribution in [0.1, 0.15) is 19.4 Å². The third-order valence-corrected chi connectivity index (χ3v) is 2.88. The number of aryl methyl sites for hydroxylation is 1. The summed E-state index contributed by atoms with van der Waals surface area (Å²) in [4.78, 5) is 12.0. The van der Waals surface area contributed by atoms with Crippen molar-refractivity contribution < 1.29 is 14.3 Å². The van der Waals surface area contributed by atoms with Gasteiger partial charge in [-0.2, -0.15) is 0 Å². The van der Waals surface area contributed by atoms with Gasteiger partial charge in [-0.3, -0.25) is 0 Å². The number of esters is 1. The van der Waals surface area contributed by atoms with Crippen molar-refractivity contribution in [1.82, 2.24) is 0 Å². The highest BCUT2D eigenvalue weighted by Crippen LogP contribution is 2.16. The number of hydrogen-bond acceptors (Lipinski definition) is 4. The van der Waals surface area contributed by atoms with Crippen molar-refractivity contribution >= 4 is 11.7 Å². The molecule has 4 heteroatoms. The van der Waals surface area contributed by atoms with Gasteiger partial charge in [0.05, 0.1) is 13.2 Å². The van der Waals surface area contributed by atoms with E-state index in [1.165, 1.54) is 0 Å². The monoisotopic (exact) mass is 265 g/mol. The Hall–Kier alpha value is -1.55. The number of anilines is 1. The average molecular weight is 265 g/mol. The molecule has 0 bridgehead atoms. The molecule has 106 valence electrons. The Morgan fingerprint density at radius 1 is 1.42 bits per heavy atom. The zero-order chi connectivity index (χ0) is 14.3. The van der Waals surface area contributed by atoms with Gasteiger partial charge in [0.15, 0.2) is 0 Å². The standard InChI is InChI=1S/C15H23NO3/c1-5-19-15(17)14(12(3)10-18-4)16-13-8-6-7-11(2)9-13/h6-9,12,14,16H,5,10H2,1-4H3. The maximum Gasteiger partial charge on any atom is 0.328 e. The van der Waals surface area contributed by atoms with E-state index in [0.29, 0.717) is 13.2 Å². The summed E-state index contributed by atoms with van der Waals surface area (Å²) < 4.78 is 10.2. The summed E-state index contributed by atoms with van der Waals surface area (Å²) in [6.45, 7) is 6.67. The van der Waals surface area contributed by atoms with Crippen LogP contribution >= 0.6 is 0 Å². The quantitative estimate of drug-likeness (QED) is 0.770. The molecule has 0 amide bonds. The van der Waals surface area contributed by atoms with Gasteiger partial charge in [0.1, 0.15) is 6.04 Å². The molecule has 1 N–H and O–H groups in total. The van der Waals surface area contributed by atoms with E-state index in [1.54, 1.807) is 7.11 Å². The molecule has 0 aliphatic heterocycles. The van der Waals surface area contributed by atoms with Crippen LogP contribution in [0.5, 0.6) is 0 Å². The Morgan fingerprint density at radius 2 is 2.16 bits per heavy atom. The van der Waals surface area contributed by atoms with Crippen molar-refractivity contribution in [3.63, 3.8) is 0 Å². The first-order valence-corrected chi connectivity index (χ1v) is 6.57. The summed E-state index contributed by atoms with van der Waals surface area (Å²) in [5.41, 5.74) is 2.06. The summed E-state index contributed by atoms with van der Waals surface area (Å²) in [6, 6.07) is 7.52. The lowest BCUT2D eigenvalue weighted by atomic mass is 10.0. The van der Waals surface area contributed by atoms with Crippen LogP contribution in [0.3, 0.4) is 0 Å². The molecule has 1 aromatic carbocycles. The summed E-state index contributed by atoms with van der Waals surface area (Å²) >= 11 is 0. The third-order valence-electron chi connectivity index (χ3n) is 2.88. The Kier molecular flexibility index (Phi) is 6.36. The largest absolute Gasteiger partial charge is 0.464 e. The van der Waals surface area contributed by atoms with E-state index in [1.807, 2.05) is 45.0 Å². The van der Waals surface area contributed by atoms with Gasteiger partial charge in [-0.1, -0.05) is 19.1 Å². The van der Waals surface area contributed by atoms with Crippen molar-refractivity contribution in [1.29, 1.82) is 0 Å². The molecule has 0 radical (unpaired) electrons. The summed E-state index contributed by atoms with van der Waals surface area (Å²) in [5, 5.41) is 3.23. The van der Waals surface area contributed by atoms with E-state index in [9.17, 15) is 4.79 Å². The molecular formula is C15H23NO3. The maximum atomic E-state index is 12.0. The number of carbonyl (C=O) groups is 1. The normalized spacial score (nSPS) is 13.7. The smallest absolute Gasteiger partial charge is 0.328 e. The van der Waals surface area contributed by atoms with E-state index in [-0.39, 0.29) is 11.9 Å². The first-order chi connectivity index (χ1) is 9.08. The Labute approximate surface area is 115 Å². The minimum Gasteiger partial charge on any atom is -0.464 e. The van der Waals surface area contributed by atoms with Crippen LogP contribution < -0.4 is 5.32 Å². The fourth-order valence-electron chi connectivity index (χ4n) is 1.94. The highest BCUT2D eigenvalue weighted by atomic mass is 16.5. The first kappa shape index (κ1) is 15.5. The second kappa shape index (κ2) is 7.79. The average Bonchev–Trinajstić information content (AvgIpc) is 2.36. The molecule has 0 aromatic heterocycles. The molecule has 0 aliphatic rings. The van der Waals surface area contributed by atoms with Crippen LogP contribution in [0.25, 0.3) is 0 Å². The predicted octanol–water partition coefficient (Wildman–Crippen LogP) is 2.62. The highest BCUT2D eigenvalue weighted by molar-refractivity contribution is 5.79. The summed E-state index contributed by atoms with van der Waals surface area (Å²) in [5.74, 6) is -0.210. The van der Waals surface area contributed by atoms with E-state index in [0.717, 1.165) is 11.3 Å². The van der Waals surface area contributed by atoms with Gasteiger partial charge in [0, 0.05) is 18.7 Å². The molecule has 4 nitrogen and oxygen atoms in total. The van der Waals surface area contributed by atoms with Crippen LogP contribution in [0.2, 0.25) is 0 Å². The second-order valence-electron chi connectivity index (χ2n) is 4.68. The fraction of sp³-hybridized carbons (Fsp3) is 0.533. The number of ether oxygens (including phenoxy) is 2. The minimum atomic E-state index is -0.401. The number of benzene rings is 1. The number of hydrogen-bond donors (Lipinski definition) is 1. The molecule has 1 aromatic rings. The van der Waals surface area contributed by atoms with Gasteiger partial charge >= 0.3 is 5.97 Å². The Morgan fingerprint density at radius 3 is 2.74 bits per heavy atom. The van der Waals surface area contributed by atoms with E-state index < -0.39 is 6.04 Å². The van der Waals surface area contributed by atoms with Crippen molar-refractivity contribution in [3.8, 4) is 0 Å². The van der Waals surface area contributed by atoms with Crippen LogP contribution in [-0.4, -0.2) is 32.3 Å². The summed E-state index contributed by atoms with van der Waals surface area (Å²) in [7, 11) is 1.63. The lowest BCUT2D eigenvalue weighted by Gasteiger charge is -2.24. The number of methoxy groups -OCH3 is 1. The zero-order valence-electron chi connectivity index (χ0n) is 12.1. The molecule has 0 saturated heterocycles. The minimum absolute atomic E-state index is 0.0320. The third kappa shape index (κ3) is 4.91.